The van der Waals surface area contributed by atoms with Crippen LogP contribution in [0.5, 0.6) is 0 Å². The first-order valence-electron chi connectivity index (χ1n) is 17.9. The molecule has 0 bridgehead atoms. The zero-order valence-corrected chi connectivity index (χ0v) is 27.9. The van der Waals surface area contributed by atoms with Crippen LogP contribution in [-0.2, 0) is 5.41 Å². The molecule has 0 radical (unpaired) electrons. The van der Waals surface area contributed by atoms with Crippen molar-refractivity contribution in [3.63, 3.8) is 0 Å². The zero-order chi connectivity index (χ0) is 33.1. The van der Waals surface area contributed by atoms with E-state index in [0.717, 1.165) is 17.8 Å². The zero-order valence-electron chi connectivity index (χ0n) is 27.9. The molecule has 4 aliphatic carbocycles. The molecule has 0 heterocycles. The third-order valence-corrected chi connectivity index (χ3v) is 11.5. The summed E-state index contributed by atoms with van der Waals surface area (Å²) in [4.78, 5) is 2.45. The number of hydrogen-bond acceptors (Lipinski definition) is 1. The van der Waals surface area contributed by atoms with Crippen molar-refractivity contribution in [1.82, 2.24) is 0 Å². The van der Waals surface area contributed by atoms with Gasteiger partial charge in [0.2, 0.25) is 0 Å². The van der Waals surface area contributed by atoms with E-state index in [1.54, 1.807) is 0 Å². The highest BCUT2D eigenvalue weighted by Gasteiger charge is 2.57. The van der Waals surface area contributed by atoms with Crippen molar-refractivity contribution in [1.29, 1.82) is 0 Å². The van der Waals surface area contributed by atoms with E-state index in [4.69, 9.17) is 0 Å². The Bertz CT molecular complexity index is 2310. The molecule has 1 spiro atoms. The van der Waals surface area contributed by atoms with Gasteiger partial charge in [-0.05, 0) is 92.9 Å². The van der Waals surface area contributed by atoms with Crippen LogP contribution in [0, 0.1) is 5.92 Å². The number of hydrogen-bond donors (Lipinski definition) is 0. The van der Waals surface area contributed by atoms with Gasteiger partial charge in [0.15, 0.2) is 0 Å². The lowest BCUT2D eigenvalue weighted by molar-refractivity contribution is 0.465. The van der Waals surface area contributed by atoms with E-state index in [1.807, 2.05) is 0 Å². The maximum Gasteiger partial charge on any atom is 0.0538 e. The van der Waals surface area contributed by atoms with Crippen LogP contribution in [0.3, 0.4) is 0 Å². The van der Waals surface area contributed by atoms with Crippen LogP contribution < -0.4 is 4.90 Å². The number of anilines is 3. The van der Waals surface area contributed by atoms with Gasteiger partial charge in [-0.25, -0.2) is 0 Å². The first kappa shape index (κ1) is 29.0. The third kappa shape index (κ3) is 4.33. The lowest BCUT2D eigenvalue weighted by Gasteiger charge is -2.36. The van der Waals surface area contributed by atoms with Gasteiger partial charge in [0.05, 0.1) is 5.41 Å². The first-order chi connectivity index (χ1) is 24.8. The predicted molar refractivity (Wildman–Crippen MR) is 208 cm³/mol. The largest absolute Gasteiger partial charge is 0.310 e. The van der Waals surface area contributed by atoms with Crippen LogP contribution in [0.15, 0.2) is 194 Å². The molecule has 1 nitrogen and oxygen atoms in total. The van der Waals surface area contributed by atoms with Crippen LogP contribution in [0.1, 0.15) is 46.1 Å². The Balaban J connectivity index is 1.16. The van der Waals surface area contributed by atoms with E-state index in [9.17, 15) is 0 Å². The van der Waals surface area contributed by atoms with E-state index >= 15 is 0 Å². The van der Waals surface area contributed by atoms with Gasteiger partial charge in [0.25, 0.3) is 0 Å². The molecule has 0 saturated heterocycles. The second-order valence-electron chi connectivity index (χ2n) is 14.0. The van der Waals surface area contributed by atoms with Crippen molar-refractivity contribution in [2.24, 2.45) is 5.92 Å². The van der Waals surface area contributed by atoms with E-state index in [-0.39, 0.29) is 5.41 Å². The Morgan fingerprint density at radius 2 is 1.08 bits per heavy atom. The van der Waals surface area contributed by atoms with Crippen molar-refractivity contribution in [3.05, 3.63) is 222 Å². The smallest absolute Gasteiger partial charge is 0.0538 e. The van der Waals surface area contributed by atoms with Gasteiger partial charge in [-0.2, -0.15) is 0 Å². The average molecular weight is 640 g/mol. The van der Waals surface area contributed by atoms with Crippen LogP contribution in [-0.4, -0.2) is 0 Å². The number of benzene rings is 6. The molecular weight excluding hydrogens is 603 g/mol. The molecule has 0 saturated carbocycles. The molecule has 0 amide bonds. The summed E-state index contributed by atoms with van der Waals surface area (Å²) in [6.45, 7) is 0. The molecule has 3 atom stereocenters. The predicted octanol–water partition coefficient (Wildman–Crippen LogP) is 12.6. The van der Waals surface area contributed by atoms with Gasteiger partial charge >= 0.3 is 0 Å². The summed E-state index contributed by atoms with van der Waals surface area (Å²) in [6, 6.07) is 54.5. The Morgan fingerprint density at radius 3 is 1.78 bits per heavy atom. The van der Waals surface area contributed by atoms with Crippen LogP contribution >= 0.6 is 0 Å². The molecule has 0 fully saturated rings. The summed E-state index contributed by atoms with van der Waals surface area (Å²) in [6.07, 6.45) is 19.3. The lowest BCUT2D eigenvalue weighted by atomic mass is 9.65. The van der Waals surface area contributed by atoms with Crippen LogP contribution in [0.4, 0.5) is 17.1 Å². The highest BCUT2D eigenvalue weighted by molar-refractivity contribution is 5.87. The van der Waals surface area contributed by atoms with E-state index in [1.165, 1.54) is 55.8 Å². The molecule has 1 heteroatoms. The van der Waals surface area contributed by atoms with Crippen molar-refractivity contribution < 1.29 is 0 Å². The summed E-state index contributed by atoms with van der Waals surface area (Å²) < 4.78 is 0. The molecule has 6 aromatic rings. The topological polar surface area (TPSA) is 3.24 Å². The molecule has 0 aliphatic heterocycles. The highest BCUT2D eigenvalue weighted by atomic mass is 15.1. The van der Waals surface area contributed by atoms with Gasteiger partial charge in [0, 0.05) is 34.8 Å². The molecule has 0 N–H and O–H groups in total. The highest BCUT2D eigenvalue weighted by Crippen LogP contribution is 2.65. The molecule has 50 heavy (non-hydrogen) atoms. The van der Waals surface area contributed by atoms with E-state index in [0.29, 0.717) is 17.8 Å². The molecule has 10 rings (SSSR count). The van der Waals surface area contributed by atoms with Gasteiger partial charge in [-0.15, -0.1) is 0 Å². The fourth-order valence-corrected chi connectivity index (χ4v) is 9.31. The fraction of sp³-hybridized carbons (Fsp3) is 0.102. The monoisotopic (exact) mass is 639 g/mol. The Kier molecular flexibility index (Phi) is 6.74. The number of rotatable bonds is 5. The third-order valence-electron chi connectivity index (χ3n) is 11.5. The Labute approximate surface area is 294 Å². The van der Waals surface area contributed by atoms with Crippen molar-refractivity contribution in [2.75, 3.05) is 4.90 Å². The average Bonchev–Trinajstić information content (AvgIpc) is 3.66. The minimum atomic E-state index is -0.266. The molecule has 238 valence electrons. The molecule has 0 aromatic heterocycles. The Hall–Kier alpha value is -5.92. The summed E-state index contributed by atoms with van der Waals surface area (Å²) in [5.74, 6) is 1.04. The molecule has 6 aromatic carbocycles. The quantitative estimate of drug-likeness (QED) is 0.181. The lowest BCUT2D eigenvalue weighted by Crippen LogP contribution is -2.33. The summed E-state index contributed by atoms with van der Waals surface area (Å²) in [7, 11) is 0. The number of fused-ring (bicyclic) bond motifs is 10. The maximum atomic E-state index is 2.52. The first-order valence-corrected chi connectivity index (χ1v) is 17.9. The number of nitrogens with zero attached hydrogens (tertiary/aromatic N) is 1. The molecular formula is C49H37N. The van der Waals surface area contributed by atoms with Gasteiger partial charge in [-0.1, -0.05) is 158 Å². The van der Waals surface area contributed by atoms with E-state index < -0.39 is 0 Å². The summed E-state index contributed by atoms with van der Waals surface area (Å²) in [5.41, 5.74) is 15.4. The standard InChI is InChI=1S/C49H37N/c1-3-13-34(14-4-1)36-23-27-38(28-24-36)50(39-29-25-37(26-30-39)35-15-5-2-6-16-35)40-31-32-44-43-19-9-12-22-47(43)49(48(44)33-40)45-20-10-7-17-41(45)42-18-8-11-21-46(42)49/h1-15,17-33,35,43,47H,16H2. The Morgan fingerprint density at radius 1 is 0.480 bits per heavy atom. The van der Waals surface area contributed by atoms with Crippen LogP contribution in [0.25, 0.3) is 22.3 Å². The minimum absolute atomic E-state index is 0.266. The maximum absolute atomic E-state index is 2.52. The van der Waals surface area contributed by atoms with E-state index in [2.05, 4.69) is 199 Å². The van der Waals surface area contributed by atoms with Gasteiger partial charge in [0.1, 0.15) is 0 Å². The number of allylic oxidation sites excluding steroid dienone is 8. The van der Waals surface area contributed by atoms with Crippen molar-refractivity contribution >= 4 is 17.1 Å². The summed E-state index contributed by atoms with van der Waals surface area (Å²) in [5, 5.41) is 0. The second kappa shape index (κ2) is 11.6. The minimum Gasteiger partial charge on any atom is -0.310 e. The van der Waals surface area contributed by atoms with Gasteiger partial charge < -0.3 is 4.90 Å². The van der Waals surface area contributed by atoms with Crippen molar-refractivity contribution in [2.45, 2.75) is 23.7 Å². The van der Waals surface area contributed by atoms with Crippen LogP contribution in [0.2, 0.25) is 0 Å². The summed E-state index contributed by atoms with van der Waals surface area (Å²) >= 11 is 0. The van der Waals surface area contributed by atoms with Gasteiger partial charge in [-0.3, -0.25) is 0 Å². The molecule has 3 unspecified atom stereocenters. The normalized spacial score (nSPS) is 20.0. The molecule has 4 aliphatic rings. The SMILES string of the molecule is C1=CCC(c2ccc(N(c3ccc(-c4ccccc4)cc3)c3ccc4c(c3)C3(c5ccccc5-c5ccccc53)C3C=CC=CC43)cc2)C=C1. The second-order valence-corrected chi connectivity index (χ2v) is 14.0. The van der Waals surface area contributed by atoms with Crippen molar-refractivity contribution in [3.8, 4) is 22.3 Å². The fourth-order valence-electron chi connectivity index (χ4n) is 9.31.